The molecule has 148 valence electrons. The number of anilines is 2. The van der Waals surface area contributed by atoms with Crippen molar-refractivity contribution in [1.29, 1.82) is 0 Å². The Hall–Kier alpha value is -2.33. The highest BCUT2D eigenvalue weighted by Gasteiger charge is 2.14. The number of halogens is 1. The van der Waals surface area contributed by atoms with E-state index >= 15 is 0 Å². The number of nitrogen functional groups attached to an aromatic ring is 2. The van der Waals surface area contributed by atoms with Crippen molar-refractivity contribution in [1.82, 2.24) is 4.98 Å². The van der Waals surface area contributed by atoms with E-state index < -0.39 is 0 Å². The molecule has 1 heterocycles. The van der Waals surface area contributed by atoms with Crippen molar-refractivity contribution in [2.45, 2.75) is 46.0 Å². The number of aromatic nitrogens is 1. The molecule has 2 aromatic carbocycles. The first-order chi connectivity index (χ1) is 13.1. The Kier molecular flexibility index (Phi) is 7.25. The number of rotatable bonds is 2. The van der Waals surface area contributed by atoms with Crippen molar-refractivity contribution in [3.8, 4) is 11.1 Å². The maximum Gasteiger partial charge on any atom is 0.0554 e. The Bertz CT molecular complexity index is 893. The Morgan fingerprint density at radius 2 is 1.43 bits per heavy atom. The van der Waals surface area contributed by atoms with E-state index in [1.165, 1.54) is 11.1 Å². The highest BCUT2D eigenvalue weighted by molar-refractivity contribution is 9.10. The van der Waals surface area contributed by atoms with Gasteiger partial charge in [-0.3, -0.25) is 4.98 Å². The van der Waals surface area contributed by atoms with E-state index in [-0.39, 0.29) is 5.41 Å². The van der Waals surface area contributed by atoms with Gasteiger partial charge in [-0.1, -0.05) is 65.0 Å². The van der Waals surface area contributed by atoms with Gasteiger partial charge in [0.05, 0.1) is 11.4 Å². The molecule has 0 fully saturated rings. The zero-order valence-corrected chi connectivity index (χ0v) is 18.9. The van der Waals surface area contributed by atoms with Gasteiger partial charge in [-0.2, -0.15) is 0 Å². The standard InChI is InChI=1S/C15H18N2.C9H12BrN/c1-10(2)11-3-5-12(6-4-11)13-7-8-14(16)15(17)9-13;1-9(2,3)8-5-4-7(10)6-11-8/h3-10H,16-17H2,1-2H3;4-6H,1-3H3. The van der Waals surface area contributed by atoms with Crippen LogP contribution in [-0.4, -0.2) is 4.98 Å². The minimum absolute atomic E-state index is 0.153. The van der Waals surface area contributed by atoms with Gasteiger partial charge < -0.3 is 11.5 Å². The van der Waals surface area contributed by atoms with Crippen molar-refractivity contribution in [3.05, 3.63) is 76.5 Å². The predicted molar refractivity (Wildman–Crippen MR) is 125 cm³/mol. The van der Waals surface area contributed by atoms with Gasteiger partial charge in [-0.05, 0) is 62.8 Å². The Labute approximate surface area is 177 Å². The third-order valence-electron chi connectivity index (χ3n) is 4.49. The molecule has 0 radical (unpaired) electrons. The first kappa shape index (κ1) is 22.0. The number of nitrogens with two attached hydrogens (primary N) is 2. The van der Waals surface area contributed by atoms with Crippen LogP contribution in [0.3, 0.4) is 0 Å². The first-order valence-electron chi connectivity index (χ1n) is 9.45. The second kappa shape index (κ2) is 9.24. The van der Waals surface area contributed by atoms with Crippen molar-refractivity contribution >= 4 is 27.3 Å². The van der Waals surface area contributed by atoms with Gasteiger partial charge in [0, 0.05) is 21.8 Å². The molecule has 0 unspecified atom stereocenters. The topological polar surface area (TPSA) is 64.9 Å². The van der Waals surface area contributed by atoms with E-state index in [1.54, 1.807) is 0 Å². The molecule has 3 rings (SSSR count). The molecular weight excluding hydrogens is 410 g/mol. The number of benzene rings is 2. The summed E-state index contributed by atoms with van der Waals surface area (Å²) in [6.45, 7) is 10.8. The van der Waals surface area contributed by atoms with Crippen molar-refractivity contribution < 1.29 is 0 Å². The summed E-state index contributed by atoms with van der Waals surface area (Å²) in [4.78, 5) is 4.30. The molecule has 3 aromatic rings. The summed E-state index contributed by atoms with van der Waals surface area (Å²) >= 11 is 3.35. The van der Waals surface area contributed by atoms with Gasteiger partial charge in [0.15, 0.2) is 0 Å². The molecule has 0 saturated heterocycles. The molecular formula is C24H30BrN3. The normalized spacial score (nSPS) is 11.1. The fourth-order valence-corrected chi connectivity index (χ4v) is 2.87. The Morgan fingerprint density at radius 1 is 0.821 bits per heavy atom. The van der Waals surface area contributed by atoms with Gasteiger partial charge in [-0.15, -0.1) is 0 Å². The summed E-state index contributed by atoms with van der Waals surface area (Å²) in [7, 11) is 0. The molecule has 0 saturated carbocycles. The van der Waals surface area contributed by atoms with E-state index in [0.29, 0.717) is 17.3 Å². The highest BCUT2D eigenvalue weighted by Crippen LogP contribution is 2.26. The number of nitrogens with zero attached hydrogens (tertiary/aromatic N) is 1. The molecule has 0 aliphatic rings. The molecule has 0 atom stereocenters. The monoisotopic (exact) mass is 439 g/mol. The van der Waals surface area contributed by atoms with Gasteiger partial charge in [0.1, 0.15) is 0 Å². The quantitative estimate of drug-likeness (QED) is 0.432. The fourth-order valence-electron chi connectivity index (χ4n) is 2.63. The van der Waals surface area contributed by atoms with Gasteiger partial charge in [-0.25, -0.2) is 0 Å². The molecule has 28 heavy (non-hydrogen) atoms. The summed E-state index contributed by atoms with van der Waals surface area (Å²) in [6.07, 6.45) is 1.83. The average Bonchev–Trinajstić information content (AvgIpc) is 2.64. The summed E-state index contributed by atoms with van der Waals surface area (Å²) in [5, 5.41) is 0. The SMILES string of the molecule is CC(C)(C)c1ccc(Br)cn1.CC(C)c1ccc(-c2ccc(N)c(N)c2)cc1. The Balaban J connectivity index is 0.000000221. The molecule has 0 spiro atoms. The molecule has 0 aliphatic heterocycles. The largest absolute Gasteiger partial charge is 0.397 e. The van der Waals surface area contributed by atoms with Crippen LogP contribution in [0, 0.1) is 0 Å². The fraction of sp³-hybridized carbons (Fsp3) is 0.292. The predicted octanol–water partition coefficient (Wildman–Crippen LogP) is 6.78. The molecule has 0 bridgehead atoms. The molecule has 4 heteroatoms. The molecule has 4 N–H and O–H groups in total. The molecule has 0 amide bonds. The Morgan fingerprint density at radius 3 is 1.89 bits per heavy atom. The van der Waals surface area contributed by atoms with Crippen LogP contribution in [0.25, 0.3) is 11.1 Å². The summed E-state index contributed by atoms with van der Waals surface area (Å²) < 4.78 is 1.03. The van der Waals surface area contributed by atoms with Crippen LogP contribution in [0.4, 0.5) is 11.4 Å². The van der Waals surface area contributed by atoms with Crippen molar-refractivity contribution in [2.75, 3.05) is 11.5 Å². The zero-order valence-electron chi connectivity index (χ0n) is 17.3. The third kappa shape index (κ3) is 6.10. The lowest BCUT2D eigenvalue weighted by atomic mass is 9.92. The number of hydrogen-bond acceptors (Lipinski definition) is 3. The van der Waals surface area contributed by atoms with Crippen LogP contribution in [0.15, 0.2) is 65.3 Å². The zero-order chi connectivity index (χ0) is 20.9. The lowest BCUT2D eigenvalue weighted by molar-refractivity contribution is 0.568. The third-order valence-corrected chi connectivity index (χ3v) is 4.96. The van der Waals surface area contributed by atoms with Crippen LogP contribution in [-0.2, 0) is 5.41 Å². The van der Waals surface area contributed by atoms with Crippen molar-refractivity contribution in [3.63, 3.8) is 0 Å². The summed E-state index contributed by atoms with van der Waals surface area (Å²) in [6, 6.07) is 18.4. The van der Waals surface area contributed by atoms with Crippen molar-refractivity contribution in [2.24, 2.45) is 0 Å². The summed E-state index contributed by atoms with van der Waals surface area (Å²) in [5.41, 5.74) is 17.7. The lowest BCUT2D eigenvalue weighted by Gasteiger charge is -2.16. The van der Waals surface area contributed by atoms with Crippen LogP contribution in [0.1, 0.15) is 51.8 Å². The smallest absolute Gasteiger partial charge is 0.0554 e. The van der Waals surface area contributed by atoms with E-state index in [1.807, 2.05) is 36.5 Å². The minimum atomic E-state index is 0.153. The first-order valence-corrected chi connectivity index (χ1v) is 10.2. The van der Waals surface area contributed by atoms with E-state index in [9.17, 15) is 0 Å². The summed E-state index contributed by atoms with van der Waals surface area (Å²) in [5.74, 6) is 0.556. The van der Waals surface area contributed by atoms with E-state index in [4.69, 9.17) is 11.5 Å². The van der Waals surface area contributed by atoms with Gasteiger partial charge in [0.2, 0.25) is 0 Å². The lowest BCUT2D eigenvalue weighted by Crippen LogP contribution is -2.12. The van der Waals surface area contributed by atoms with Gasteiger partial charge in [0.25, 0.3) is 0 Å². The van der Waals surface area contributed by atoms with E-state index in [0.717, 1.165) is 15.7 Å². The van der Waals surface area contributed by atoms with Gasteiger partial charge >= 0.3 is 0 Å². The van der Waals surface area contributed by atoms with Crippen LogP contribution in [0.2, 0.25) is 0 Å². The average molecular weight is 440 g/mol. The second-order valence-electron chi connectivity index (χ2n) is 8.23. The minimum Gasteiger partial charge on any atom is -0.397 e. The maximum atomic E-state index is 5.81. The molecule has 3 nitrogen and oxygen atoms in total. The van der Waals surface area contributed by atoms with Crippen LogP contribution < -0.4 is 11.5 Å². The van der Waals surface area contributed by atoms with Crippen LogP contribution >= 0.6 is 15.9 Å². The van der Waals surface area contributed by atoms with Crippen LogP contribution in [0.5, 0.6) is 0 Å². The van der Waals surface area contributed by atoms with E-state index in [2.05, 4.69) is 79.8 Å². The number of pyridine rings is 1. The molecule has 0 aliphatic carbocycles. The highest BCUT2D eigenvalue weighted by atomic mass is 79.9. The second-order valence-corrected chi connectivity index (χ2v) is 9.15. The number of hydrogen-bond donors (Lipinski definition) is 2. The molecule has 1 aromatic heterocycles. The maximum absolute atomic E-state index is 5.81.